The molecule has 0 aliphatic heterocycles. The van der Waals surface area contributed by atoms with Crippen LogP contribution in [0.5, 0.6) is 0 Å². The lowest BCUT2D eigenvalue weighted by atomic mass is 10.1. The first kappa shape index (κ1) is 18.4. The number of nitrogens with one attached hydrogen (secondary N) is 1. The van der Waals surface area contributed by atoms with Crippen LogP contribution in [0, 0.1) is 6.92 Å². The summed E-state index contributed by atoms with van der Waals surface area (Å²) in [6, 6.07) is 23.5. The highest BCUT2D eigenvalue weighted by Crippen LogP contribution is 2.17. The lowest BCUT2D eigenvalue weighted by Gasteiger charge is -2.10. The predicted octanol–water partition coefficient (Wildman–Crippen LogP) is 4.42. The molecule has 0 fully saturated rings. The van der Waals surface area contributed by atoms with Crippen LogP contribution in [0.15, 0.2) is 88.1 Å². The van der Waals surface area contributed by atoms with Gasteiger partial charge < -0.3 is 9.73 Å². The number of para-hydroxylation sites is 1. The highest BCUT2D eigenvalue weighted by atomic mass is 16.4. The van der Waals surface area contributed by atoms with Crippen molar-refractivity contribution in [2.75, 3.05) is 0 Å². The van der Waals surface area contributed by atoms with E-state index >= 15 is 0 Å². The van der Waals surface area contributed by atoms with Crippen LogP contribution in [0.1, 0.15) is 27.4 Å². The third kappa shape index (κ3) is 4.14. The first-order valence-corrected chi connectivity index (χ1v) is 9.15. The van der Waals surface area contributed by atoms with Crippen molar-refractivity contribution in [3.8, 4) is 0 Å². The number of carbonyl (C=O) groups is 1. The Morgan fingerprint density at radius 2 is 1.62 bits per heavy atom. The molecule has 4 aromatic rings. The van der Waals surface area contributed by atoms with Crippen LogP contribution in [-0.4, -0.2) is 10.9 Å². The molecule has 0 aliphatic carbocycles. The van der Waals surface area contributed by atoms with Gasteiger partial charge in [-0.25, -0.2) is 9.78 Å². The molecule has 3 aromatic carbocycles. The molecule has 0 atom stereocenters. The molecule has 0 spiro atoms. The van der Waals surface area contributed by atoms with E-state index in [4.69, 9.17) is 4.42 Å². The zero-order chi connectivity index (χ0) is 20.2. The van der Waals surface area contributed by atoms with Crippen LogP contribution >= 0.6 is 0 Å². The summed E-state index contributed by atoms with van der Waals surface area (Å²) in [5.74, 6) is -0.264. The fraction of sp³-hybridized carbons (Fsp3) is 0.0417. The molecule has 0 aliphatic rings. The maximum atomic E-state index is 12.7. The Morgan fingerprint density at radius 3 is 2.38 bits per heavy atom. The summed E-state index contributed by atoms with van der Waals surface area (Å²) >= 11 is 0. The second kappa shape index (κ2) is 7.94. The van der Waals surface area contributed by atoms with E-state index in [9.17, 15) is 9.59 Å². The largest absolute Gasteiger partial charge is 0.401 e. The number of hydrogen-bond acceptors (Lipinski definition) is 4. The molecule has 1 N–H and O–H groups in total. The van der Waals surface area contributed by atoms with E-state index in [1.807, 2.05) is 37.3 Å². The number of rotatable bonds is 4. The molecule has 0 bridgehead atoms. The summed E-state index contributed by atoms with van der Waals surface area (Å²) in [6.45, 7) is 2.00. The van der Waals surface area contributed by atoms with Crippen molar-refractivity contribution >= 4 is 28.6 Å². The number of benzene rings is 3. The normalized spacial score (nSPS) is 11.4. The molecule has 1 heterocycles. The van der Waals surface area contributed by atoms with E-state index < -0.39 is 5.63 Å². The molecule has 4 rings (SSSR count). The molecular formula is C24H18N2O3. The van der Waals surface area contributed by atoms with E-state index in [-0.39, 0.29) is 11.8 Å². The van der Waals surface area contributed by atoms with Crippen molar-refractivity contribution in [2.24, 2.45) is 0 Å². The Hall–Kier alpha value is -3.99. The van der Waals surface area contributed by atoms with Crippen molar-refractivity contribution < 1.29 is 9.21 Å². The lowest BCUT2D eigenvalue weighted by molar-refractivity contribution is 0.0973. The number of aryl methyl sites for hydroxylation is 1. The van der Waals surface area contributed by atoms with Crippen LogP contribution in [0.3, 0.4) is 0 Å². The maximum Gasteiger partial charge on any atom is 0.347 e. The SMILES string of the molecule is Cc1ccc(/C=C(/NC(=O)c2ccccc2)c2nc3ccccc3c(=O)o2)cc1. The Morgan fingerprint density at radius 1 is 0.931 bits per heavy atom. The number of carbonyl (C=O) groups excluding carboxylic acids is 1. The van der Waals surface area contributed by atoms with Gasteiger partial charge in [0.1, 0.15) is 5.70 Å². The quantitative estimate of drug-likeness (QED) is 0.567. The van der Waals surface area contributed by atoms with Gasteiger partial charge in [-0.2, -0.15) is 0 Å². The second-order valence-corrected chi connectivity index (χ2v) is 6.61. The van der Waals surface area contributed by atoms with Crippen LogP contribution in [0.2, 0.25) is 0 Å². The van der Waals surface area contributed by atoms with Gasteiger partial charge in [-0.15, -0.1) is 0 Å². The minimum absolute atomic E-state index is 0.0542. The first-order valence-electron chi connectivity index (χ1n) is 9.15. The summed E-state index contributed by atoms with van der Waals surface area (Å²) < 4.78 is 5.44. The van der Waals surface area contributed by atoms with E-state index in [1.165, 1.54) is 0 Å². The third-order valence-corrected chi connectivity index (χ3v) is 4.44. The minimum Gasteiger partial charge on any atom is -0.401 e. The molecule has 29 heavy (non-hydrogen) atoms. The minimum atomic E-state index is -0.505. The zero-order valence-electron chi connectivity index (χ0n) is 15.8. The van der Waals surface area contributed by atoms with E-state index in [2.05, 4.69) is 10.3 Å². The Labute approximate surface area is 167 Å². The topological polar surface area (TPSA) is 72.2 Å². The van der Waals surface area contributed by atoms with Gasteiger partial charge in [0.15, 0.2) is 0 Å². The molecular weight excluding hydrogens is 364 g/mol. The molecule has 1 amide bonds. The summed E-state index contributed by atoms with van der Waals surface area (Å²) in [6.07, 6.45) is 1.74. The van der Waals surface area contributed by atoms with Gasteiger partial charge in [0.2, 0.25) is 5.89 Å². The van der Waals surface area contributed by atoms with Crippen LogP contribution in [-0.2, 0) is 0 Å². The fourth-order valence-electron chi connectivity index (χ4n) is 2.90. The maximum absolute atomic E-state index is 12.7. The fourth-order valence-corrected chi connectivity index (χ4v) is 2.90. The van der Waals surface area contributed by atoms with Crippen molar-refractivity contribution in [3.63, 3.8) is 0 Å². The molecule has 0 saturated carbocycles. The van der Waals surface area contributed by atoms with E-state index in [0.717, 1.165) is 11.1 Å². The van der Waals surface area contributed by atoms with Crippen LogP contribution < -0.4 is 10.9 Å². The third-order valence-electron chi connectivity index (χ3n) is 4.44. The second-order valence-electron chi connectivity index (χ2n) is 6.61. The molecule has 5 heteroatoms. The molecule has 0 radical (unpaired) electrons. The summed E-state index contributed by atoms with van der Waals surface area (Å²) in [7, 11) is 0. The molecule has 0 saturated heterocycles. The van der Waals surface area contributed by atoms with Gasteiger partial charge in [-0.1, -0.05) is 60.2 Å². The number of aromatic nitrogens is 1. The molecule has 5 nitrogen and oxygen atoms in total. The standard InChI is InChI=1S/C24H18N2O3/c1-16-11-13-17(14-12-16)15-21(25-22(27)18-7-3-2-4-8-18)23-26-20-10-6-5-9-19(20)24(28)29-23/h2-15H,1H3,(H,25,27)/b21-15+. The van der Waals surface area contributed by atoms with Gasteiger partial charge in [-0.05, 0) is 42.8 Å². The average molecular weight is 382 g/mol. The highest BCUT2D eigenvalue weighted by Gasteiger charge is 2.15. The number of amides is 1. The van der Waals surface area contributed by atoms with Gasteiger partial charge in [0.25, 0.3) is 5.91 Å². The van der Waals surface area contributed by atoms with Gasteiger partial charge >= 0.3 is 5.63 Å². The first-order chi connectivity index (χ1) is 14.1. The van der Waals surface area contributed by atoms with Gasteiger partial charge in [0.05, 0.1) is 10.9 Å². The monoisotopic (exact) mass is 382 g/mol. The van der Waals surface area contributed by atoms with Crippen LogP contribution in [0.25, 0.3) is 22.7 Å². The van der Waals surface area contributed by atoms with Crippen LogP contribution in [0.4, 0.5) is 0 Å². The van der Waals surface area contributed by atoms with E-state index in [1.54, 1.807) is 54.6 Å². The summed E-state index contributed by atoms with van der Waals surface area (Å²) in [5, 5.41) is 3.22. The number of nitrogens with zero attached hydrogens (tertiary/aromatic N) is 1. The molecule has 0 unspecified atom stereocenters. The van der Waals surface area contributed by atoms with Gasteiger partial charge in [-0.3, -0.25) is 4.79 Å². The summed E-state index contributed by atoms with van der Waals surface area (Å²) in [4.78, 5) is 29.6. The lowest BCUT2D eigenvalue weighted by Crippen LogP contribution is -2.23. The number of fused-ring (bicyclic) bond motifs is 1. The highest BCUT2D eigenvalue weighted by molar-refractivity contribution is 6.01. The van der Waals surface area contributed by atoms with Crippen molar-refractivity contribution in [3.05, 3.63) is 112 Å². The van der Waals surface area contributed by atoms with Crippen molar-refractivity contribution in [1.82, 2.24) is 10.3 Å². The van der Waals surface area contributed by atoms with Gasteiger partial charge in [0, 0.05) is 5.56 Å². The zero-order valence-corrected chi connectivity index (χ0v) is 15.8. The molecule has 1 aromatic heterocycles. The van der Waals surface area contributed by atoms with E-state index in [0.29, 0.717) is 22.2 Å². The predicted molar refractivity (Wildman–Crippen MR) is 113 cm³/mol. The van der Waals surface area contributed by atoms with Crippen molar-refractivity contribution in [1.29, 1.82) is 0 Å². The average Bonchev–Trinajstić information content (AvgIpc) is 2.75. The Bertz CT molecular complexity index is 1260. The molecule has 142 valence electrons. The Balaban J connectivity index is 1.81. The number of hydrogen-bond donors (Lipinski definition) is 1. The van der Waals surface area contributed by atoms with Crippen molar-refractivity contribution in [2.45, 2.75) is 6.92 Å². The Kier molecular flexibility index (Phi) is 5.03. The smallest absolute Gasteiger partial charge is 0.347 e. The summed E-state index contributed by atoms with van der Waals surface area (Å²) in [5.41, 5.74) is 2.76.